The topological polar surface area (TPSA) is 55.5 Å². The first-order chi connectivity index (χ1) is 8.66. The van der Waals surface area contributed by atoms with Crippen molar-refractivity contribution >= 4 is 33.5 Å². The van der Waals surface area contributed by atoms with Crippen LogP contribution >= 0.6 is 15.9 Å². The third-order valence-electron chi connectivity index (χ3n) is 2.31. The summed E-state index contributed by atoms with van der Waals surface area (Å²) in [5.74, 6) is 0. The summed E-state index contributed by atoms with van der Waals surface area (Å²) < 4.78 is 0.965. The van der Waals surface area contributed by atoms with Crippen molar-refractivity contribution in [3.8, 4) is 0 Å². The average Bonchev–Trinajstić information content (AvgIpc) is 2.38. The standard InChI is InChI=1S/C13H9BrN2O2/c14-11-5-7-12(8-6-11)15-9-10-3-1-2-4-13(10)16(17)18/h1-9H/b15-9+. The quantitative estimate of drug-likeness (QED) is 0.487. The Labute approximate surface area is 112 Å². The van der Waals surface area contributed by atoms with Gasteiger partial charge in [-0.15, -0.1) is 0 Å². The van der Waals surface area contributed by atoms with Crippen molar-refractivity contribution in [3.63, 3.8) is 0 Å². The second-order valence-corrected chi connectivity index (χ2v) is 4.47. The molecule has 2 aromatic carbocycles. The minimum absolute atomic E-state index is 0.0540. The Morgan fingerprint density at radius 1 is 1.11 bits per heavy atom. The van der Waals surface area contributed by atoms with Gasteiger partial charge in [0.2, 0.25) is 0 Å². The van der Waals surface area contributed by atoms with Crippen molar-refractivity contribution in [1.29, 1.82) is 0 Å². The van der Waals surface area contributed by atoms with Gasteiger partial charge in [-0.05, 0) is 30.3 Å². The predicted molar refractivity (Wildman–Crippen MR) is 74.5 cm³/mol. The number of nitro groups is 1. The van der Waals surface area contributed by atoms with Gasteiger partial charge in [-0.3, -0.25) is 15.1 Å². The van der Waals surface area contributed by atoms with Gasteiger partial charge in [0.15, 0.2) is 0 Å². The minimum Gasteiger partial charge on any atom is -0.258 e. The molecule has 0 spiro atoms. The van der Waals surface area contributed by atoms with Crippen LogP contribution in [0.1, 0.15) is 5.56 Å². The van der Waals surface area contributed by atoms with E-state index < -0.39 is 4.92 Å². The van der Waals surface area contributed by atoms with Crippen LogP contribution in [0.2, 0.25) is 0 Å². The summed E-state index contributed by atoms with van der Waals surface area (Å²) in [5, 5.41) is 10.8. The van der Waals surface area contributed by atoms with Crippen molar-refractivity contribution in [1.82, 2.24) is 0 Å². The summed E-state index contributed by atoms with van der Waals surface area (Å²) in [7, 11) is 0. The number of para-hydroxylation sites is 1. The molecule has 0 atom stereocenters. The lowest BCUT2D eigenvalue weighted by molar-refractivity contribution is -0.385. The smallest absolute Gasteiger partial charge is 0.258 e. The van der Waals surface area contributed by atoms with Gasteiger partial charge >= 0.3 is 0 Å². The van der Waals surface area contributed by atoms with Crippen LogP contribution in [0.3, 0.4) is 0 Å². The fraction of sp³-hybridized carbons (Fsp3) is 0. The van der Waals surface area contributed by atoms with Gasteiger partial charge < -0.3 is 0 Å². The maximum atomic E-state index is 10.8. The summed E-state index contributed by atoms with van der Waals surface area (Å²) in [6.45, 7) is 0. The van der Waals surface area contributed by atoms with Gasteiger partial charge in [0.05, 0.1) is 16.2 Å². The summed E-state index contributed by atoms with van der Waals surface area (Å²) in [6, 6.07) is 13.9. The molecule has 0 aliphatic rings. The SMILES string of the molecule is O=[N+]([O-])c1ccccc1/C=N/c1ccc(Br)cc1. The monoisotopic (exact) mass is 304 g/mol. The van der Waals surface area contributed by atoms with Crippen LogP contribution in [-0.4, -0.2) is 11.1 Å². The summed E-state index contributed by atoms with van der Waals surface area (Å²) >= 11 is 3.33. The molecule has 0 aliphatic carbocycles. The van der Waals surface area contributed by atoms with E-state index in [1.54, 1.807) is 18.2 Å². The Balaban J connectivity index is 2.29. The van der Waals surface area contributed by atoms with Crippen LogP contribution in [0, 0.1) is 10.1 Å². The van der Waals surface area contributed by atoms with Crippen LogP contribution in [0.15, 0.2) is 58.0 Å². The molecule has 0 N–H and O–H groups in total. The van der Waals surface area contributed by atoms with E-state index >= 15 is 0 Å². The first-order valence-electron chi connectivity index (χ1n) is 5.20. The van der Waals surface area contributed by atoms with E-state index in [1.165, 1.54) is 12.3 Å². The molecule has 0 aromatic heterocycles. The largest absolute Gasteiger partial charge is 0.278 e. The number of benzene rings is 2. The Morgan fingerprint density at radius 2 is 1.78 bits per heavy atom. The summed E-state index contributed by atoms with van der Waals surface area (Å²) in [6.07, 6.45) is 1.50. The number of nitro benzene ring substituents is 1. The Hall–Kier alpha value is -2.01. The minimum atomic E-state index is -0.414. The lowest BCUT2D eigenvalue weighted by Crippen LogP contribution is -1.93. The molecule has 0 unspecified atom stereocenters. The van der Waals surface area contributed by atoms with Crippen molar-refractivity contribution in [3.05, 3.63) is 68.7 Å². The third kappa shape index (κ3) is 3.01. The van der Waals surface area contributed by atoms with Crippen molar-refractivity contribution in [2.45, 2.75) is 0 Å². The van der Waals surface area contributed by atoms with E-state index in [4.69, 9.17) is 0 Å². The number of nitrogens with zero attached hydrogens (tertiary/aromatic N) is 2. The van der Waals surface area contributed by atoms with Gasteiger partial charge in [0, 0.05) is 16.8 Å². The fourth-order valence-corrected chi connectivity index (χ4v) is 1.70. The molecule has 2 rings (SSSR count). The maximum Gasteiger partial charge on any atom is 0.278 e. The lowest BCUT2D eigenvalue weighted by atomic mass is 10.2. The second-order valence-electron chi connectivity index (χ2n) is 3.55. The zero-order valence-corrected chi connectivity index (χ0v) is 10.9. The van der Waals surface area contributed by atoms with Crippen molar-refractivity contribution < 1.29 is 4.92 Å². The second kappa shape index (κ2) is 5.55. The number of hydrogen-bond donors (Lipinski definition) is 0. The molecule has 0 bridgehead atoms. The van der Waals surface area contributed by atoms with Crippen LogP contribution < -0.4 is 0 Å². The molecule has 0 fully saturated rings. The van der Waals surface area contributed by atoms with Crippen molar-refractivity contribution in [2.24, 2.45) is 4.99 Å². The van der Waals surface area contributed by atoms with Gasteiger partial charge in [-0.25, -0.2) is 0 Å². The highest BCUT2D eigenvalue weighted by Gasteiger charge is 2.09. The molecule has 2 aromatic rings. The Morgan fingerprint density at radius 3 is 2.44 bits per heavy atom. The maximum absolute atomic E-state index is 10.8. The molecule has 4 nitrogen and oxygen atoms in total. The molecule has 90 valence electrons. The summed E-state index contributed by atoms with van der Waals surface area (Å²) in [5.41, 5.74) is 1.29. The molecule has 0 saturated heterocycles. The van der Waals surface area contributed by atoms with E-state index in [0.717, 1.165) is 10.2 Å². The van der Waals surface area contributed by atoms with Crippen LogP contribution in [0.25, 0.3) is 0 Å². The number of aliphatic imine (C=N–C) groups is 1. The van der Waals surface area contributed by atoms with Crippen LogP contribution in [0.5, 0.6) is 0 Å². The predicted octanol–water partition coefficient (Wildman–Crippen LogP) is 4.11. The highest BCUT2D eigenvalue weighted by atomic mass is 79.9. The van der Waals surface area contributed by atoms with E-state index in [0.29, 0.717) is 5.56 Å². The molecule has 5 heteroatoms. The van der Waals surface area contributed by atoms with Crippen molar-refractivity contribution in [2.75, 3.05) is 0 Å². The number of hydrogen-bond acceptors (Lipinski definition) is 3. The van der Waals surface area contributed by atoms with E-state index in [1.807, 2.05) is 24.3 Å². The highest BCUT2D eigenvalue weighted by Crippen LogP contribution is 2.19. The van der Waals surface area contributed by atoms with Gasteiger partial charge in [0.25, 0.3) is 5.69 Å². The molecule has 0 saturated carbocycles. The lowest BCUT2D eigenvalue weighted by Gasteiger charge is -1.97. The van der Waals surface area contributed by atoms with Gasteiger partial charge in [0.1, 0.15) is 0 Å². The third-order valence-corrected chi connectivity index (χ3v) is 2.84. The first kappa shape index (κ1) is 12.4. The molecule has 0 heterocycles. The molecular weight excluding hydrogens is 296 g/mol. The van der Waals surface area contributed by atoms with E-state index in [-0.39, 0.29) is 5.69 Å². The normalized spacial score (nSPS) is 10.7. The van der Waals surface area contributed by atoms with Gasteiger partial charge in [-0.1, -0.05) is 28.1 Å². The Bertz CT molecular complexity index is 594. The zero-order valence-electron chi connectivity index (χ0n) is 9.29. The fourth-order valence-electron chi connectivity index (χ4n) is 1.43. The van der Waals surface area contributed by atoms with E-state index in [2.05, 4.69) is 20.9 Å². The number of rotatable bonds is 3. The molecular formula is C13H9BrN2O2. The highest BCUT2D eigenvalue weighted by molar-refractivity contribution is 9.10. The van der Waals surface area contributed by atoms with Crippen LogP contribution in [-0.2, 0) is 0 Å². The average molecular weight is 305 g/mol. The molecule has 0 amide bonds. The number of halogens is 1. The van der Waals surface area contributed by atoms with E-state index in [9.17, 15) is 10.1 Å². The van der Waals surface area contributed by atoms with Gasteiger partial charge in [-0.2, -0.15) is 0 Å². The summed E-state index contributed by atoms with van der Waals surface area (Å²) in [4.78, 5) is 14.6. The Kier molecular flexibility index (Phi) is 3.84. The molecule has 18 heavy (non-hydrogen) atoms. The molecule has 0 aliphatic heterocycles. The van der Waals surface area contributed by atoms with Crippen LogP contribution in [0.4, 0.5) is 11.4 Å². The first-order valence-corrected chi connectivity index (χ1v) is 5.99. The molecule has 0 radical (unpaired) electrons. The zero-order chi connectivity index (χ0) is 13.0.